The van der Waals surface area contributed by atoms with E-state index in [1.807, 2.05) is 66.6 Å². The van der Waals surface area contributed by atoms with E-state index in [1.165, 1.54) is 0 Å². The number of benzene rings is 1. The summed E-state index contributed by atoms with van der Waals surface area (Å²) in [5.74, 6) is 1.89. The first kappa shape index (κ1) is 19.1. The van der Waals surface area contributed by atoms with E-state index in [4.69, 9.17) is 9.97 Å². The first-order valence-electron chi connectivity index (χ1n) is 10.1. The summed E-state index contributed by atoms with van der Waals surface area (Å²) < 4.78 is 0. The molecule has 148 valence electrons. The molecule has 0 radical (unpaired) electrons. The second-order valence-electron chi connectivity index (χ2n) is 7.30. The lowest BCUT2D eigenvalue weighted by Gasteiger charge is -2.17. The molecule has 0 unspecified atom stereocenters. The Morgan fingerprint density at radius 2 is 2.03 bits per heavy atom. The number of hydrogen-bond acceptors (Lipinski definition) is 5. The summed E-state index contributed by atoms with van der Waals surface area (Å²) in [6, 6.07) is 15.8. The summed E-state index contributed by atoms with van der Waals surface area (Å²) in [6.07, 6.45) is 5.92. The Balaban J connectivity index is 1.64. The first-order valence-corrected chi connectivity index (χ1v) is 10.1. The SMILES string of the molecule is CCCC(=O)N1CC[C@@H](c2nc(Nc3ccccc3)cc(-c3cccnc3)n2)C1. The Kier molecular flexibility index (Phi) is 5.79. The molecule has 3 heterocycles. The molecule has 1 aliphatic rings. The van der Waals surface area contributed by atoms with Crippen LogP contribution in [0.5, 0.6) is 0 Å². The molecule has 4 rings (SSSR count). The van der Waals surface area contributed by atoms with Gasteiger partial charge in [-0.2, -0.15) is 0 Å². The number of rotatable bonds is 6. The van der Waals surface area contributed by atoms with Crippen molar-refractivity contribution in [1.29, 1.82) is 0 Å². The Hall–Kier alpha value is -3.28. The monoisotopic (exact) mass is 387 g/mol. The van der Waals surface area contributed by atoms with Crippen LogP contribution < -0.4 is 5.32 Å². The van der Waals surface area contributed by atoms with Gasteiger partial charge in [-0.05, 0) is 37.1 Å². The predicted molar refractivity (Wildman–Crippen MR) is 114 cm³/mol. The molecule has 0 spiro atoms. The van der Waals surface area contributed by atoms with Gasteiger partial charge in [0, 0.05) is 55.1 Å². The second-order valence-corrected chi connectivity index (χ2v) is 7.30. The quantitative estimate of drug-likeness (QED) is 0.679. The first-order chi connectivity index (χ1) is 14.2. The third kappa shape index (κ3) is 4.59. The summed E-state index contributed by atoms with van der Waals surface area (Å²) in [5, 5.41) is 3.38. The van der Waals surface area contributed by atoms with Crippen LogP contribution in [0.25, 0.3) is 11.3 Å². The molecule has 3 aromatic rings. The van der Waals surface area contributed by atoms with Crippen molar-refractivity contribution in [2.75, 3.05) is 18.4 Å². The molecule has 0 saturated carbocycles. The number of amides is 1. The number of likely N-dealkylation sites (tertiary alicyclic amines) is 1. The van der Waals surface area contributed by atoms with Gasteiger partial charge in [-0.25, -0.2) is 9.97 Å². The van der Waals surface area contributed by atoms with Crippen molar-refractivity contribution in [2.24, 2.45) is 0 Å². The van der Waals surface area contributed by atoms with Gasteiger partial charge in [-0.1, -0.05) is 25.1 Å². The maximum absolute atomic E-state index is 12.3. The van der Waals surface area contributed by atoms with Gasteiger partial charge in [0.15, 0.2) is 0 Å². The Morgan fingerprint density at radius 3 is 2.79 bits per heavy atom. The molecule has 2 aromatic heterocycles. The van der Waals surface area contributed by atoms with Crippen LogP contribution >= 0.6 is 0 Å². The van der Waals surface area contributed by atoms with Crippen molar-refractivity contribution in [3.8, 4) is 11.3 Å². The number of hydrogen-bond donors (Lipinski definition) is 1. The number of para-hydroxylation sites is 1. The second kappa shape index (κ2) is 8.82. The minimum atomic E-state index is 0.142. The highest BCUT2D eigenvalue weighted by Crippen LogP contribution is 2.29. The largest absolute Gasteiger partial charge is 0.342 e. The van der Waals surface area contributed by atoms with E-state index in [2.05, 4.69) is 10.3 Å². The van der Waals surface area contributed by atoms with Crippen LogP contribution in [0.1, 0.15) is 37.9 Å². The summed E-state index contributed by atoms with van der Waals surface area (Å²) in [6.45, 7) is 3.49. The molecule has 0 bridgehead atoms. The van der Waals surface area contributed by atoms with E-state index in [0.717, 1.165) is 48.0 Å². The predicted octanol–water partition coefficient (Wildman–Crippen LogP) is 4.40. The van der Waals surface area contributed by atoms with E-state index < -0.39 is 0 Å². The topological polar surface area (TPSA) is 71.0 Å². The van der Waals surface area contributed by atoms with Crippen molar-refractivity contribution in [3.05, 3.63) is 66.7 Å². The van der Waals surface area contributed by atoms with Crippen molar-refractivity contribution in [3.63, 3.8) is 0 Å². The van der Waals surface area contributed by atoms with Gasteiger partial charge in [-0.15, -0.1) is 0 Å². The minimum Gasteiger partial charge on any atom is -0.342 e. The van der Waals surface area contributed by atoms with Crippen LogP contribution in [0.2, 0.25) is 0 Å². The highest BCUT2D eigenvalue weighted by atomic mass is 16.2. The fourth-order valence-electron chi connectivity index (χ4n) is 3.61. The van der Waals surface area contributed by atoms with Crippen LogP contribution in [0.3, 0.4) is 0 Å². The van der Waals surface area contributed by atoms with E-state index in [0.29, 0.717) is 13.0 Å². The number of nitrogens with zero attached hydrogens (tertiary/aromatic N) is 4. The lowest BCUT2D eigenvalue weighted by atomic mass is 10.1. The molecule has 1 N–H and O–H groups in total. The molecular formula is C23H25N5O. The van der Waals surface area contributed by atoms with Gasteiger partial charge < -0.3 is 10.2 Å². The molecule has 1 aromatic carbocycles. The van der Waals surface area contributed by atoms with Gasteiger partial charge in [0.25, 0.3) is 0 Å². The van der Waals surface area contributed by atoms with Gasteiger partial charge in [-0.3, -0.25) is 9.78 Å². The Morgan fingerprint density at radius 1 is 1.17 bits per heavy atom. The smallest absolute Gasteiger partial charge is 0.222 e. The summed E-state index contributed by atoms with van der Waals surface area (Å²) in [5.41, 5.74) is 2.75. The minimum absolute atomic E-state index is 0.142. The number of nitrogens with one attached hydrogen (secondary N) is 1. The molecule has 0 aliphatic carbocycles. The van der Waals surface area contributed by atoms with Gasteiger partial charge in [0.05, 0.1) is 5.69 Å². The van der Waals surface area contributed by atoms with Crippen molar-refractivity contribution >= 4 is 17.4 Å². The molecule has 1 fully saturated rings. The normalized spacial score (nSPS) is 16.0. The standard InChI is InChI=1S/C23H25N5O/c1-2-7-22(29)28-13-11-18(16-28)23-26-20(17-8-6-12-24-15-17)14-21(27-23)25-19-9-4-3-5-10-19/h3-6,8-10,12,14-15,18H,2,7,11,13,16H2,1H3,(H,25,26,27)/t18-/m1/s1. The molecule has 6 heteroatoms. The van der Waals surface area contributed by atoms with Gasteiger partial charge >= 0.3 is 0 Å². The van der Waals surface area contributed by atoms with Crippen molar-refractivity contribution in [2.45, 2.75) is 32.1 Å². The van der Waals surface area contributed by atoms with Gasteiger partial charge in [0.2, 0.25) is 5.91 Å². The number of pyridine rings is 1. The average Bonchev–Trinajstić information content (AvgIpc) is 3.26. The third-order valence-corrected chi connectivity index (χ3v) is 5.12. The molecule has 1 aliphatic heterocycles. The van der Waals surface area contributed by atoms with E-state index in [9.17, 15) is 4.79 Å². The number of carbonyl (C=O) groups excluding carboxylic acids is 1. The van der Waals surface area contributed by atoms with Crippen LogP contribution in [-0.4, -0.2) is 38.8 Å². The summed E-state index contributed by atoms with van der Waals surface area (Å²) in [7, 11) is 0. The fraction of sp³-hybridized carbons (Fsp3) is 0.304. The molecule has 6 nitrogen and oxygen atoms in total. The third-order valence-electron chi connectivity index (χ3n) is 5.12. The lowest BCUT2D eigenvalue weighted by molar-refractivity contribution is -0.130. The van der Waals surface area contributed by atoms with E-state index in [1.54, 1.807) is 6.20 Å². The van der Waals surface area contributed by atoms with Gasteiger partial charge in [0.1, 0.15) is 11.6 Å². The molecular weight excluding hydrogens is 362 g/mol. The molecule has 29 heavy (non-hydrogen) atoms. The number of anilines is 2. The van der Waals surface area contributed by atoms with E-state index in [-0.39, 0.29) is 11.8 Å². The molecule has 1 saturated heterocycles. The zero-order valence-corrected chi connectivity index (χ0v) is 16.6. The maximum Gasteiger partial charge on any atom is 0.222 e. The Bertz CT molecular complexity index is 962. The summed E-state index contributed by atoms with van der Waals surface area (Å²) >= 11 is 0. The van der Waals surface area contributed by atoms with Crippen LogP contribution in [0.15, 0.2) is 60.9 Å². The summed E-state index contributed by atoms with van der Waals surface area (Å²) in [4.78, 5) is 28.1. The molecule has 1 amide bonds. The lowest BCUT2D eigenvalue weighted by Crippen LogP contribution is -2.28. The number of aromatic nitrogens is 3. The average molecular weight is 387 g/mol. The van der Waals surface area contributed by atoms with Crippen LogP contribution in [-0.2, 0) is 4.79 Å². The maximum atomic E-state index is 12.3. The van der Waals surface area contributed by atoms with E-state index >= 15 is 0 Å². The van der Waals surface area contributed by atoms with Crippen molar-refractivity contribution < 1.29 is 4.79 Å². The van der Waals surface area contributed by atoms with Crippen molar-refractivity contribution in [1.82, 2.24) is 19.9 Å². The highest BCUT2D eigenvalue weighted by molar-refractivity contribution is 5.76. The Labute approximate surface area is 171 Å². The molecule has 1 atom stereocenters. The highest BCUT2D eigenvalue weighted by Gasteiger charge is 2.29. The van der Waals surface area contributed by atoms with Crippen LogP contribution in [0, 0.1) is 0 Å². The zero-order chi connectivity index (χ0) is 20.1. The number of carbonyl (C=O) groups is 1. The zero-order valence-electron chi connectivity index (χ0n) is 16.6. The van der Waals surface area contributed by atoms with Crippen LogP contribution in [0.4, 0.5) is 11.5 Å². The fourth-order valence-corrected chi connectivity index (χ4v) is 3.61.